The Hall–Kier alpha value is -2.36. The second kappa shape index (κ2) is 9.82. The summed E-state index contributed by atoms with van der Waals surface area (Å²) >= 11 is 0. The van der Waals surface area contributed by atoms with E-state index >= 15 is 0 Å². The molecule has 0 fully saturated rings. The fourth-order valence-corrected chi connectivity index (χ4v) is 2.90. The van der Waals surface area contributed by atoms with Gasteiger partial charge in [-0.05, 0) is 42.0 Å². The van der Waals surface area contributed by atoms with E-state index in [4.69, 9.17) is 0 Å². The molecule has 0 aliphatic heterocycles. The number of benzene rings is 2. The van der Waals surface area contributed by atoms with Crippen LogP contribution in [0.3, 0.4) is 0 Å². The number of aromatic hydroxyl groups is 1. The molecule has 2 aromatic rings. The van der Waals surface area contributed by atoms with Gasteiger partial charge in [-0.2, -0.15) is 0 Å². The second-order valence-corrected chi connectivity index (χ2v) is 6.35. The molecule has 0 aliphatic rings. The van der Waals surface area contributed by atoms with Gasteiger partial charge in [0.1, 0.15) is 0 Å². The molecule has 0 spiro atoms. The summed E-state index contributed by atoms with van der Waals surface area (Å²) in [5.41, 5.74) is 1.92. The van der Waals surface area contributed by atoms with Crippen LogP contribution in [0.2, 0.25) is 0 Å². The minimum atomic E-state index is -0.604. The number of unbranched alkanes of at least 4 members (excludes halogenated alkanes) is 1. The van der Waals surface area contributed by atoms with Gasteiger partial charge in [-0.25, -0.2) is 4.39 Å². The van der Waals surface area contributed by atoms with Gasteiger partial charge in [0.25, 0.3) is 0 Å². The minimum absolute atomic E-state index is 0.00426. The second-order valence-electron chi connectivity index (χ2n) is 6.35. The molecule has 0 heterocycles. The highest BCUT2D eigenvalue weighted by atomic mass is 19.1. The van der Waals surface area contributed by atoms with Crippen LogP contribution in [0.5, 0.6) is 5.75 Å². The zero-order chi connectivity index (χ0) is 18.1. The quantitative estimate of drug-likeness (QED) is 0.680. The van der Waals surface area contributed by atoms with Crippen LogP contribution >= 0.6 is 0 Å². The van der Waals surface area contributed by atoms with Gasteiger partial charge in [0.2, 0.25) is 5.91 Å². The Bertz CT molecular complexity index is 673. The van der Waals surface area contributed by atoms with Gasteiger partial charge < -0.3 is 10.4 Å². The molecule has 0 bridgehead atoms. The van der Waals surface area contributed by atoms with E-state index in [1.807, 2.05) is 30.3 Å². The fourth-order valence-electron chi connectivity index (χ4n) is 2.90. The molecule has 2 rings (SSSR count). The van der Waals surface area contributed by atoms with Crippen molar-refractivity contribution in [2.24, 2.45) is 0 Å². The number of hydrogen-bond acceptors (Lipinski definition) is 2. The summed E-state index contributed by atoms with van der Waals surface area (Å²) in [5, 5.41) is 12.3. The highest BCUT2D eigenvalue weighted by Gasteiger charge is 2.15. The molecule has 134 valence electrons. The Kier molecular flexibility index (Phi) is 7.45. The van der Waals surface area contributed by atoms with Crippen LogP contribution in [-0.2, 0) is 11.3 Å². The molecule has 0 radical (unpaired) electrons. The molecule has 2 N–H and O–H groups in total. The molecule has 0 saturated heterocycles. The van der Waals surface area contributed by atoms with Crippen LogP contribution in [0.4, 0.5) is 4.39 Å². The highest BCUT2D eigenvalue weighted by Crippen LogP contribution is 2.29. The maximum absolute atomic E-state index is 13.6. The number of hydrogen-bond donors (Lipinski definition) is 2. The molecule has 0 saturated carbocycles. The van der Waals surface area contributed by atoms with E-state index in [0.29, 0.717) is 19.4 Å². The lowest BCUT2D eigenvalue weighted by molar-refractivity contribution is -0.121. The maximum atomic E-state index is 13.6. The zero-order valence-corrected chi connectivity index (χ0v) is 14.7. The van der Waals surface area contributed by atoms with Crippen molar-refractivity contribution in [2.75, 3.05) is 0 Å². The van der Waals surface area contributed by atoms with E-state index in [1.165, 1.54) is 12.1 Å². The van der Waals surface area contributed by atoms with E-state index in [2.05, 4.69) is 12.2 Å². The fraction of sp³-hybridized carbons (Fsp3) is 0.381. The van der Waals surface area contributed by atoms with E-state index in [-0.39, 0.29) is 17.6 Å². The molecule has 1 unspecified atom stereocenters. The average molecular weight is 343 g/mol. The lowest BCUT2D eigenvalue weighted by Crippen LogP contribution is -2.23. The zero-order valence-electron chi connectivity index (χ0n) is 14.7. The van der Waals surface area contributed by atoms with E-state index < -0.39 is 5.82 Å². The molecule has 0 aliphatic carbocycles. The first-order valence-corrected chi connectivity index (χ1v) is 8.89. The van der Waals surface area contributed by atoms with Crippen molar-refractivity contribution in [1.29, 1.82) is 0 Å². The Labute approximate surface area is 148 Å². The smallest absolute Gasteiger partial charge is 0.220 e. The van der Waals surface area contributed by atoms with Crippen LogP contribution in [0.15, 0.2) is 48.5 Å². The van der Waals surface area contributed by atoms with Gasteiger partial charge in [0.05, 0.1) is 0 Å². The van der Waals surface area contributed by atoms with E-state index in [1.54, 1.807) is 6.07 Å². The summed E-state index contributed by atoms with van der Waals surface area (Å²) in [5.74, 6) is -0.812. The van der Waals surface area contributed by atoms with Gasteiger partial charge >= 0.3 is 0 Å². The monoisotopic (exact) mass is 343 g/mol. The first kappa shape index (κ1) is 19.0. The molecule has 1 atom stereocenters. The SMILES string of the molecule is CCCCC(CCC(=O)NCc1ccccc1)c1ccc(O)c(F)c1. The first-order valence-electron chi connectivity index (χ1n) is 8.89. The molecule has 3 nitrogen and oxygen atoms in total. The normalized spacial score (nSPS) is 11.9. The first-order chi connectivity index (χ1) is 12.1. The van der Waals surface area contributed by atoms with Crippen molar-refractivity contribution in [3.05, 3.63) is 65.5 Å². The third-order valence-corrected chi connectivity index (χ3v) is 4.40. The molecule has 2 aromatic carbocycles. The van der Waals surface area contributed by atoms with Crippen LogP contribution in [-0.4, -0.2) is 11.0 Å². The van der Waals surface area contributed by atoms with E-state index in [9.17, 15) is 14.3 Å². The summed E-state index contributed by atoms with van der Waals surface area (Å²) in [6, 6.07) is 14.3. The molecule has 1 amide bonds. The van der Waals surface area contributed by atoms with Crippen LogP contribution in [0, 0.1) is 5.82 Å². The Balaban J connectivity index is 1.90. The Morgan fingerprint density at radius 3 is 2.60 bits per heavy atom. The Morgan fingerprint density at radius 1 is 1.16 bits per heavy atom. The summed E-state index contributed by atoms with van der Waals surface area (Å²) < 4.78 is 13.6. The molecule has 25 heavy (non-hydrogen) atoms. The topological polar surface area (TPSA) is 49.3 Å². The van der Waals surface area contributed by atoms with Crippen molar-refractivity contribution in [2.45, 2.75) is 51.5 Å². The molecule has 0 aromatic heterocycles. The average Bonchev–Trinajstić information content (AvgIpc) is 2.63. The lowest BCUT2D eigenvalue weighted by Gasteiger charge is -2.17. The molecule has 4 heteroatoms. The van der Waals surface area contributed by atoms with Crippen molar-refractivity contribution < 1.29 is 14.3 Å². The van der Waals surface area contributed by atoms with Gasteiger partial charge in [0, 0.05) is 13.0 Å². The largest absolute Gasteiger partial charge is 0.505 e. The summed E-state index contributed by atoms with van der Waals surface area (Å²) in [6.45, 7) is 2.63. The van der Waals surface area contributed by atoms with Crippen molar-refractivity contribution in [1.82, 2.24) is 5.32 Å². The lowest BCUT2D eigenvalue weighted by atomic mass is 9.89. The van der Waals surface area contributed by atoms with Crippen LogP contribution < -0.4 is 5.32 Å². The number of carbonyl (C=O) groups excluding carboxylic acids is 1. The summed E-state index contributed by atoms with van der Waals surface area (Å²) in [7, 11) is 0. The predicted molar refractivity (Wildman–Crippen MR) is 97.9 cm³/mol. The maximum Gasteiger partial charge on any atom is 0.220 e. The van der Waals surface area contributed by atoms with Crippen molar-refractivity contribution in [3.8, 4) is 5.75 Å². The van der Waals surface area contributed by atoms with Gasteiger partial charge in [-0.15, -0.1) is 0 Å². The van der Waals surface area contributed by atoms with Crippen molar-refractivity contribution >= 4 is 5.91 Å². The molecular weight excluding hydrogens is 317 g/mol. The minimum Gasteiger partial charge on any atom is -0.505 e. The number of carbonyl (C=O) groups is 1. The number of halogens is 1. The Morgan fingerprint density at radius 2 is 1.92 bits per heavy atom. The number of rotatable bonds is 9. The summed E-state index contributed by atoms with van der Waals surface area (Å²) in [4.78, 5) is 12.1. The molecular formula is C21H26FNO2. The number of nitrogens with one attached hydrogen (secondary N) is 1. The third kappa shape index (κ3) is 6.22. The number of phenols is 1. The third-order valence-electron chi connectivity index (χ3n) is 4.40. The number of amides is 1. The highest BCUT2D eigenvalue weighted by molar-refractivity contribution is 5.75. The van der Waals surface area contributed by atoms with Crippen LogP contribution in [0.1, 0.15) is 56.1 Å². The summed E-state index contributed by atoms with van der Waals surface area (Å²) in [6.07, 6.45) is 4.07. The number of phenolic OH excluding ortho intramolecular Hbond substituents is 1. The van der Waals surface area contributed by atoms with Gasteiger partial charge in [0.15, 0.2) is 11.6 Å². The van der Waals surface area contributed by atoms with Crippen molar-refractivity contribution in [3.63, 3.8) is 0 Å². The van der Waals surface area contributed by atoms with Crippen LogP contribution in [0.25, 0.3) is 0 Å². The van der Waals surface area contributed by atoms with E-state index in [0.717, 1.165) is 30.4 Å². The van der Waals surface area contributed by atoms with Gasteiger partial charge in [-0.3, -0.25) is 4.79 Å². The standard InChI is InChI=1S/C21H26FNO2/c1-2-3-9-17(18-10-12-20(24)19(22)14-18)11-13-21(25)23-15-16-7-5-4-6-8-16/h4-8,10,12,14,17,24H,2-3,9,11,13,15H2,1H3,(H,23,25). The predicted octanol–water partition coefficient (Wildman–Crippen LogP) is 4.90. The van der Waals surface area contributed by atoms with Gasteiger partial charge in [-0.1, -0.05) is 56.2 Å².